The molecule has 0 aromatic rings. The van der Waals surface area contributed by atoms with Gasteiger partial charge >= 0.3 is 5.97 Å². The van der Waals surface area contributed by atoms with E-state index in [-0.39, 0.29) is 23.7 Å². The third-order valence-electron chi connectivity index (χ3n) is 5.18. The summed E-state index contributed by atoms with van der Waals surface area (Å²) in [7, 11) is 0. The van der Waals surface area contributed by atoms with E-state index in [0.29, 0.717) is 6.54 Å². The minimum Gasteiger partial charge on any atom is -0.481 e. The van der Waals surface area contributed by atoms with Crippen molar-refractivity contribution < 1.29 is 14.7 Å². The molecule has 4 atom stereocenters. The molecule has 2 bridgehead atoms. The van der Waals surface area contributed by atoms with Gasteiger partial charge in [-0.2, -0.15) is 0 Å². The first-order chi connectivity index (χ1) is 10.2. The van der Waals surface area contributed by atoms with Gasteiger partial charge in [0.15, 0.2) is 0 Å². The van der Waals surface area contributed by atoms with Gasteiger partial charge in [-0.15, -0.1) is 0 Å². The summed E-state index contributed by atoms with van der Waals surface area (Å²) in [5, 5.41) is 12.3. The highest BCUT2D eigenvalue weighted by molar-refractivity contribution is 5.86. The number of allylic oxidation sites excluding steroid dienone is 3. The largest absolute Gasteiger partial charge is 0.481 e. The van der Waals surface area contributed by atoms with Gasteiger partial charge in [-0.25, -0.2) is 0 Å². The molecule has 1 fully saturated rings. The van der Waals surface area contributed by atoms with Crippen LogP contribution in [0.5, 0.6) is 0 Å². The molecule has 4 nitrogen and oxygen atoms in total. The number of nitrogens with one attached hydrogen (secondary N) is 1. The maximum absolute atomic E-state index is 12.4. The standard InChI is InChI=1S/C17H23NO3/c19-16(18-9-8-11-4-2-1-3-5-11)14-12-6-7-13(10-12)15(14)17(20)21/h4,6-7,12-15H,1-3,5,8-10H2,(H,18,19)(H,20,21)/t12-,13-,14+,15-/m0/s1. The second kappa shape index (κ2) is 6.04. The Morgan fingerprint density at radius 1 is 1.19 bits per heavy atom. The van der Waals surface area contributed by atoms with E-state index < -0.39 is 11.9 Å². The Morgan fingerprint density at radius 2 is 1.95 bits per heavy atom. The minimum absolute atomic E-state index is 0.0457. The fourth-order valence-electron chi connectivity index (χ4n) is 4.11. The number of hydrogen-bond acceptors (Lipinski definition) is 2. The van der Waals surface area contributed by atoms with Crippen LogP contribution in [0, 0.1) is 23.7 Å². The molecule has 1 amide bonds. The van der Waals surface area contributed by atoms with Gasteiger partial charge < -0.3 is 10.4 Å². The van der Waals surface area contributed by atoms with Crippen LogP contribution in [-0.2, 0) is 9.59 Å². The topological polar surface area (TPSA) is 66.4 Å². The zero-order chi connectivity index (χ0) is 14.8. The predicted octanol–water partition coefficient (Wildman–Crippen LogP) is 2.52. The molecular weight excluding hydrogens is 266 g/mol. The number of aliphatic carboxylic acids is 1. The third-order valence-corrected chi connectivity index (χ3v) is 5.18. The van der Waals surface area contributed by atoms with E-state index >= 15 is 0 Å². The number of carbonyl (C=O) groups excluding carboxylic acids is 1. The summed E-state index contributed by atoms with van der Waals surface area (Å²) in [6.45, 7) is 0.634. The number of hydrogen-bond donors (Lipinski definition) is 2. The molecule has 21 heavy (non-hydrogen) atoms. The molecular formula is C17H23NO3. The van der Waals surface area contributed by atoms with Crippen molar-refractivity contribution in [3.63, 3.8) is 0 Å². The zero-order valence-electron chi connectivity index (χ0n) is 12.3. The zero-order valence-corrected chi connectivity index (χ0v) is 12.3. The first-order valence-corrected chi connectivity index (χ1v) is 8.03. The SMILES string of the molecule is O=C(O)[C@@H]1[C@H](C(=O)NCCC2=CCCCC2)[C@H]2C=C[C@H]1C2. The third kappa shape index (κ3) is 2.89. The molecule has 3 aliphatic rings. The van der Waals surface area contributed by atoms with E-state index in [2.05, 4.69) is 11.4 Å². The van der Waals surface area contributed by atoms with Gasteiger partial charge in [0.2, 0.25) is 5.91 Å². The maximum atomic E-state index is 12.4. The molecule has 0 heterocycles. The number of amides is 1. The Hall–Kier alpha value is -1.58. The van der Waals surface area contributed by atoms with Gasteiger partial charge in [-0.05, 0) is 50.4 Å². The number of carboxylic acid groups (broad SMARTS) is 1. The van der Waals surface area contributed by atoms with Crippen LogP contribution >= 0.6 is 0 Å². The summed E-state index contributed by atoms with van der Waals surface area (Å²) in [6.07, 6.45) is 12.8. The van der Waals surface area contributed by atoms with Crippen molar-refractivity contribution in [2.75, 3.05) is 6.54 Å². The van der Waals surface area contributed by atoms with E-state index in [4.69, 9.17) is 0 Å². The average Bonchev–Trinajstić information content (AvgIpc) is 3.08. The molecule has 0 aliphatic heterocycles. The van der Waals surface area contributed by atoms with Crippen LogP contribution in [0.4, 0.5) is 0 Å². The van der Waals surface area contributed by atoms with Crippen molar-refractivity contribution in [1.29, 1.82) is 0 Å². The molecule has 3 rings (SSSR count). The van der Waals surface area contributed by atoms with Gasteiger partial charge in [-0.3, -0.25) is 9.59 Å². The summed E-state index contributed by atoms with van der Waals surface area (Å²) in [5.74, 6) is -1.65. The number of fused-ring (bicyclic) bond motifs is 2. The second-order valence-corrected chi connectivity index (χ2v) is 6.49. The quantitative estimate of drug-likeness (QED) is 0.764. The van der Waals surface area contributed by atoms with Crippen LogP contribution in [0.3, 0.4) is 0 Å². The average molecular weight is 289 g/mol. The van der Waals surface area contributed by atoms with Gasteiger partial charge in [0.25, 0.3) is 0 Å². The molecule has 0 saturated heterocycles. The Labute approximate surface area is 125 Å². The van der Waals surface area contributed by atoms with Crippen LogP contribution in [0.15, 0.2) is 23.8 Å². The van der Waals surface area contributed by atoms with Crippen LogP contribution < -0.4 is 5.32 Å². The van der Waals surface area contributed by atoms with Crippen molar-refractivity contribution >= 4 is 11.9 Å². The summed E-state index contributed by atoms with van der Waals surface area (Å²) >= 11 is 0. The highest BCUT2D eigenvalue weighted by atomic mass is 16.4. The Kier molecular flexibility index (Phi) is 4.13. The number of rotatable bonds is 5. The van der Waals surface area contributed by atoms with E-state index in [9.17, 15) is 14.7 Å². The van der Waals surface area contributed by atoms with Gasteiger partial charge in [-0.1, -0.05) is 23.8 Å². The smallest absolute Gasteiger partial charge is 0.307 e. The Bertz CT molecular complexity index is 494. The lowest BCUT2D eigenvalue weighted by molar-refractivity contribution is -0.147. The molecule has 0 aromatic heterocycles. The highest BCUT2D eigenvalue weighted by Crippen LogP contribution is 2.48. The van der Waals surface area contributed by atoms with Crippen LogP contribution in [0.1, 0.15) is 38.5 Å². The molecule has 1 saturated carbocycles. The second-order valence-electron chi connectivity index (χ2n) is 6.49. The fraction of sp³-hybridized carbons (Fsp3) is 0.647. The van der Waals surface area contributed by atoms with E-state index in [0.717, 1.165) is 25.7 Å². The molecule has 0 aromatic carbocycles. The molecule has 114 valence electrons. The number of carboxylic acids is 1. The molecule has 2 N–H and O–H groups in total. The highest BCUT2D eigenvalue weighted by Gasteiger charge is 2.51. The van der Waals surface area contributed by atoms with Crippen molar-refractivity contribution in [1.82, 2.24) is 5.32 Å². The van der Waals surface area contributed by atoms with Crippen LogP contribution in [0.25, 0.3) is 0 Å². The Balaban J connectivity index is 1.54. The normalized spacial score (nSPS) is 33.8. The lowest BCUT2D eigenvalue weighted by Gasteiger charge is -2.24. The summed E-state index contributed by atoms with van der Waals surface area (Å²) < 4.78 is 0. The summed E-state index contributed by atoms with van der Waals surface area (Å²) in [5.41, 5.74) is 1.43. The van der Waals surface area contributed by atoms with E-state index in [1.165, 1.54) is 18.4 Å². The summed E-state index contributed by atoms with van der Waals surface area (Å²) in [6, 6.07) is 0. The van der Waals surface area contributed by atoms with Crippen LogP contribution in [-0.4, -0.2) is 23.5 Å². The van der Waals surface area contributed by atoms with Crippen molar-refractivity contribution in [2.24, 2.45) is 23.7 Å². The predicted molar refractivity (Wildman–Crippen MR) is 79.5 cm³/mol. The number of carbonyl (C=O) groups is 2. The van der Waals surface area contributed by atoms with Gasteiger partial charge in [0, 0.05) is 6.54 Å². The van der Waals surface area contributed by atoms with Gasteiger partial charge in [0.1, 0.15) is 0 Å². The van der Waals surface area contributed by atoms with Crippen LogP contribution in [0.2, 0.25) is 0 Å². The van der Waals surface area contributed by atoms with Crippen molar-refractivity contribution in [3.8, 4) is 0 Å². The molecule has 0 spiro atoms. The lowest BCUT2D eigenvalue weighted by Crippen LogP contribution is -2.40. The lowest BCUT2D eigenvalue weighted by atomic mass is 9.82. The van der Waals surface area contributed by atoms with Gasteiger partial charge in [0.05, 0.1) is 11.8 Å². The monoisotopic (exact) mass is 289 g/mol. The maximum Gasteiger partial charge on any atom is 0.307 e. The van der Waals surface area contributed by atoms with Crippen molar-refractivity contribution in [3.05, 3.63) is 23.8 Å². The molecule has 3 aliphatic carbocycles. The molecule has 0 unspecified atom stereocenters. The van der Waals surface area contributed by atoms with Crippen molar-refractivity contribution in [2.45, 2.75) is 38.5 Å². The Morgan fingerprint density at radius 3 is 2.62 bits per heavy atom. The summed E-state index contributed by atoms with van der Waals surface area (Å²) in [4.78, 5) is 23.8. The minimum atomic E-state index is -0.831. The van der Waals surface area contributed by atoms with E-state index in [1.807, 2.05) is 12.2 Å². The first-order valence-electron chi connectivity index (χ1n) is 8.03. The molecule has 4 heteroatoms. The molecule has 0 radical (unpaired) electrons. The first kappa shape index (κ1) is 14.4. The fourth-order valence-corrected chi connectivity index (χ4v) is 4.11. The van der Waals surface area contributed by atoms with E-state index in [1.54, 1.807) is 0 Å².